The second-order valence-corrected chi connectivity index (χ2v) is 4.76. The summed E-state index contributed by atoms with van der Waals surface area (Å²) in [4.78, 5) is 0. The van der Waals surface area contributed by atoms with E-state index in [4.69, 9.17) is 10.5 Å². The zero-order valence-corrected chi connectivity index (χ0v) is 9.21. The van der Waals surface area contributed by atoms with E-state index in [1.165, 1.54) is 0 Å². The molecule has 1 aromatic carbocycles. The number of benzene rings is 1. The monoisotopic (exact) mass is 221 g/mol. The highest BCUT2D eigenvalue weighted by Crippen LogP contribution is 2.48. The molecule has 2 nitrogen and oxygen atoms in total. The Kier molecular flexibility index (Phi) is 2.18. The van der Waals surface area contributed by atoms with Crippen LogP contribution in [0.25, 0.3) is 0 Å². The fourth-order valence-corrected chi connectivity index (χ4v) is 2.51. The third-order valence-corrected chi connectivity index (χ3v) is 3.69. The molecule has 16 heavy (non-hydrogen) atoms. The minimum Gasteiger partial charge on any atom is -0.493 e. The molecule has 1 heterocycles. The molecule has 3 rings (SSSR count). The van der Waals surface area contributed by atoms with Crippen LogP contribution in [0.3, 0.4) is 0 Å². The number of halogens is 1. The van der Waals surface area contributed by atoms with Crippen LogP contribution in [0.5, 0.6) is 5.75 Å². The molecule has 0 bridgehead atoms. The average molecular weight is 221 g/mol. The molecule has 0 radical (unpaired) electrons. The van der Waals surface area contributed by atoms with E-state index in [0.29, 0.717) is 6.61 Å². The molecule has 0 spiro atoms. The molecular formula is C13H16FNO. The number of rotatable bonds is 3. The Morgan fingerprint density at radius 3 is 2.94 bits per heavy atom. The predicted molar refractivity (Wildman–Crippen MR) is 60.2 cm³/mol. The summed E-state index contributed by atoms with van der Waals surface area (Å²) >= 11 is 0. The smallest absolute Gasteiger partial charge is 0.150 e. The third-order valence-electron chi connectivity index (χ3n) is 3.69. The van der Waals surface area contributed by atoms with Crippen molar-refractivity contribution < 1.29 is 9.13 Å². The van der Waals surface area contributed by atoms with Gasteiger partial charge in [-0.25, -0.2) is 4.39 Å². The summed E-state index contributed by atoms with van der Waals surface area (Å²) in [5, 5.41) is 0. The number of nitrogens with two attached hydrogens (primary N) is 1. The first kappa shape index (κ1) is 10.1. The van der Waals surface area contributed by atoms with E-state index < -0.39 is 5.67 Å². The maximum atomic E-state index is 14.7. The molecule has 0 amide bonds. The Morgan fingerprint density at radius 2 is 2.25 bits per heavy atom. The van der Waals surface area contributed by atoms with Crippen molar-refractivity contribution in [1.29, 1.82) is 0 Å². The first-order valence-electron chi connectivity index (χ1n) is 5.89. The van der Waals surface area contributed by atoms with Crippen molar-refractivity contribution in [3.8, 4) is 5.75 Å². The van der Waals surface area contributed by atoms with Gasteiger partial charge in [0.05, 0.1) is 6.61 Å². The molecular weight excluding hydrogens is 205 g/mol. The zero-order valence-electron chi connectivity index (χ0n) is 9.21. The lowest BCUT2D eigenvalue weighted by molar-refractivity contribution is 0.143. The maximum Gasteiger partial charge on any atom is 0.150 e. The highest BCUT2D eigenvalue weighted by atomic mass is 19.1. The van der Waals surface area contributed by atoms with Crippen LogP contribution in [0.4, 0.5) is 4.39 Å². The van der Waals surface area contributed by atoms with Gasteiger partial charge < -0.3 is 10.5 Å². The Hall–Kier alpha value is -1.09. The second kappa shape index (κ2) is 3.45. The minimum atomic E-state index is -1.32. The molecule has 2 N–H and O–H groups in total. The number of hydrogen-bond acceptors (Lipinski definition) is 2. The summed E-state index contributed by atoms with van der Waals surface area (Å²) in [6.45, 7) is 0.793. The summed E-state index contributed by atoms with van der Waals surface area (Å²) in [6.07, 6.45) is 2.80. The molecule has 1 aromatic rings. The first-order chi connectivity index (χ1) is 7.74. The van der Waals surface area contributed by atoms with Gasteiger partial charge in [0.15, 0.2) is 5.67 Å². The van der Waals surface area contributed by atoms with Crippen molar-refractivity contribution in [3.63, 3.8) is 0 Å². The van der Waals surface area contributed by atoms with Gasteiger partial charge in [-0.15, -0.1) is 0 Å². The molecule has 1 aliphatic carbocycles. The van der Waals surface area contributed by atoms with Gasteiger partial charge in [-0.05, 0) is 42.0 Å². The van der Waals surface area contributed by atoms with E-state index in [9.17, 15) is 4.39 Å². The van der Waals surface area contributed by atoms with E-state index >= 15 is 0 Å². The van der Waals surface area contributed by atoms with Crippen molar-refractivity contribution in [2.75, 3.05) is 13.2 Å². The Labute approximate surface area is 94.6 Å². The van der Waals surface area contributed by atoms with Crippen molar-refractivity contribution in [2.45, 2.75) is 24.9 Å². The molecule has 1 fully saturated rings. The van der Waals surface area contributed by atoms with Crippen LogP contribution in [-0.4, -0.2) is 13.2 Å². The Bertz CT molecular complexity index is 416. The van der Waals surface area contributed by atoms with E-state index in [0.717, 1.165) is 36.1 Å². The van der Waals surface area contributed by atoms with Crippen molar-refractivity contribution in [3.05, 3.63) is 29.3 Å². The SMILES string of the molecule is NCC(F)(c1ccc2c(c1)CCO2)C1CC1. The number of ether oxygens (including phenoxy) is 1. The first-order valence-corrected chi connectivity index (χ1v) is 5.89. The molecule has 0 saturated heterocycles. The average Bonchev–Trinajstić information content (AvgIpc) is 3.06. The molecule has 1 aliphatic heterocycles. The largest absolute Gasteiger partial charge is 0.493 e. The van der Waals surface area contributed by atoms with Gasteiger partial charge in [-0.3, -0.25) is 0 Å². The number of fused-ring (bicyclic) bond motifs is 1. The van der Waals surface area contributed by atoms with Gasteiger partial charge >= 0.3 is 0 Å². The van der Waals surface area contributed by atoms with Crippen molar-refractivity contribution in [2.24, 2.45) is 11.7 Å². The quantitative estimate of drug-likeness (QED) is 0.848. The summed E-state index contributed by atoms with van der Waals surface area (Å²) in [7, 11) is 0. The van der Waals surface area contributed by atoms with Gasteiger partial charge in [0.2, 0.25) is 0 Å². The van der Waals surface area contributed by atoms with Crippen molar-refractivity contribution in [1.82, 2.24) is 0 Å². The minimum absolute atomic E-state index is 0.0807. The molecule has 1 atom stereocenters. The van der Waals surface area contributed by atoms with Crippen LogP contribution in [-0.2, 0) is 12.1 Å². The molecule has 3 heteroatoms. The highest BCUT2D eigenvalue weighted by molar-refractivity contribution is 5.42. The zero-order chi connectivity index (χ0) is 11.2. The topological polar surface area (TPSA) is 35.2 Å². The summed E-state index contributed by atoms with van der Waals surface area (Å²) in [5.74, 6) is 1.02. The van der Waals surface area contributed by atoms with E-state index in [-0.39, 0.29) is 12.5 Å². The van der Waals surface area contributed by atoms with Crippen LogP contribution in [0, 0.1) is 5.92 Å². The third kappa shape index (κ3) is 1.42. The summed E-state index contributed by atoms with van der Waals surface area (Å²) in [6, 6.07) is 5.65. The second-order valence-electron chi connectivity index (χ2n) is 4.76. The highest BCUT2D eigenvalue weighted by Gasteiger charge is 2.46. The van der Waals surface area contributed by atoms with E-state index in [1.807, 2.05) is 18.2 Å². The molecule has 1 saturated carbocycles. The van der Waals surface area contributed by atoms with Crippen LogP contribution in [0.2, 0.25) is 0 Å². The number of alkyl halides is 1. The van der Waals surface area contributed by atoms with Crippen LogP contribution >= 0.6 is 0 Å². The normalized spacial score (nSPS) is 22.4. The van der Waals surface area contributed by atoms with Gasteiger partial charge in [0.1, 0.15) is 5.75 Å². The Balaban J connectivity index is 1.99. The van der Waals surface area contributed by atoms with Gasteiger partial charge in [0.25, 0.3) is 0 Å². The van der Waals surface area contributed by atoms with Gasteiger partial charge in [0, 0.05) is 13.0 Å². The molecule has 2 aliphatic rings. The fourth-order valence-electron chi connectivity index (χ4n) is 2.51. The maximum absolute atomic E-state index is 14.7. The van der Waals surface area contributed by atoms with Crippen molar-refractivity contribution >= 4 is 0 Å². The standard InChI is InChI=1S/C13H16FNO/c14-13(8-15,10-1-2-10)11-3-4-12-9(7-11)5-6-16-12/h3-4,7,10H,1-2,5-6,8,15H2. The van der Waals surface area contributed by atoms with Gasteiger partial charge in [-0.1, -0.05) is 6.07 Å². The lowest BCUT2D eigenvalue weighted by Crippen LogP contribution is -2.32. The van der Waals surface area contributed by atoms with Crippen LogP contribution < -0.4 is 10.5 Å². The lowest BCUT2D eigenvalue weighted by Gasteiger charge is -2.24. The number of hydrogen-bond donors (Lipinski definition) is 1. The fraction of sp³-hybridized carbons (Fsp3) is 0.538. The summed E-state index contributed by atoms with van der Waals surface area (Å²) < 4.78 is 20.2. The molecule has 86 valence electrons. The van der Waals surface area contributed by atoms with Crippen LogP contribution in [0.15, 0.2) is 18.2 Å². The van der Waals surface area contributed by atoms with Crippen LogP contribution in [0.1, 0.15) is 24.0 Å². The molecule has 1 unspecified atom stereocenters. The van der Waals surface area contributed by atoms with E-state index in [1.54, 1.807) is 0 Å². The summed E-state index contributed by atoms with van der Waals surface area (Å²) in [5.41, 5.74) is 6.15. The Morgan fingerprint density at radius 1 is 1.44 bits per heavy atom. The predicted octanol–water partition coefficient (Wildman–Crippen LogP) is 2.16. The van der Waals surface area contributed by atoms with Gasteiger partial charge in [-0.2, -0.15) is 0 Å². The lowest BCUT2D eigenvalue weighted by atomic mass is 9.89. The molecule has 0 aromatic heterocycles. The van der Waals surface area contributed by atoms with E-state index in [2.05, 4.69) is 0 Å².